The van der Waals surface area contributed by atoms with E-state index in [1.807, 2.05) is 13.0 Å². The molecule has 0 aliphatic carbocycles. The lowest BCUT2D eigenvalue weighted by molar-refractivity contribution is 0.0779. The van der Waals surface area contributed by atoms with Crippen molar-refractivity contribution in [2.45, 2.75) is 31.6 Å². The predicted octanol–water partition coefficient (Wildman–Crippen LogP) is 2.42. The van der Waals surface area contributed by atoms with Crippen molar-refractivity contribution in [3.05, 3.63) is 23.3 Å². The Hall–Kier alpha value is -0.670. The molecule has 3 nitrogen and oxygen atoms in total. The van der Waals surface area contributed by atoms with Crippen molar-refractivity contribution in [1.29, 1.82) is 0 Å². The molecule has 1 saturated heterocycles. The Labute approximate surface area is 94.8 Å². The third-order valence-electron chi connectivity index (χ3n) is 2.59. The molecule has 1 aromatic heterocycles. The van der Waals surface area contributed by atoms with Gasteiger partial charge in [0.15, 0.2) is 0 Å². The summed E-state index contributed by atoms with van der Waals surface area (Å²) in [4.78, 5) is 8.91. The number of alkyl halides is 1. The van der Waals surface area contributed by atoms with Crippen LogP contribution in [0.2, 0.25) is 0 Å². The van der Waals surface area contributed by atoms with Crippen LogP contribution in [0.4, 0.5) is 0 Å². The lowest BCUT2D eigenvalue weighted by Crippen LogP contribution is -2.18. The molecule has 0 saturated carbocycles. The average Bonchev–Trinajstić information content (AvgIpc) is 2.29. The van der Waals surface area contributed by atoms with Gasteiger partial charge in [0, 0.05) is 18.2 Å². The predicted molar refractivity (Wildman–Crippen MR) is 59.1 cm³/mol. The van der Waals surface area contributed by atoms with Gasteiger partial charge in [-0.2, -0.15) is 0 Å². The van der Waals surface area contributed by atoms with E-state index in [1.165, 1.54) is 0 Å². The van der Waals surface area contributed by atoms with Crippen LogP contribution in [0.3, 0.4) is 0 Å². The van der Waals surface area contributed by atoms with Gasteiger partial charge >= 0.3 is 0 Å². The number of hydrogen-bond acceptors (Lipinski definition) is 3. The van der Waals surface area contributed by atoms with Gasteiger partial charge in [-0.25, -0.2) is 9.97 Å². The number of hydrogen-bond donors (Lipinski definition) is 0. The topological polar surface area (TPSA) is 35.0 Å². The minimum Gasteiger partial charge on any atom is -0.381 e. The van der Waals surface area contributed by atoms with Gasteiger partial charge in [0.05, 0.1) is 18.2 Å². The number of aromatic nitrogens is 2. The third-order valence-corrected chi connectivity index (χ3v) is 2.86. The van der Waals surface area contributed by atoms with Crippen LogP contribution >= 0.6 is 11.6 Å². The van der Waals surface area contributed by atoms with E-state index in [9.17, 15) is 0 Å². The van der Waals surface area contributed by atoms with Crippen molar-refractivity contribution in [3.63, 3.8) is 0 Å². The maximum Gasteiger partial charge on any atom is 0.134 e. The quantitative estimate of drug-likeness (QED) is 0.727. The van der Waals surface area contributed by atoms with E-state index in [2.05, 4.69) is 9.97 Å². The maximum atomic E-state index is 5.79. The number of nitrogens with zero attached hydrogens (tertiary/aromatic N) is 2. The molecule has 1 unspecified atom stereocenters. The van der Waals surface area contributed by atoms with Crippen molar-refractivity contribution in [1.82, 2.24) is 9.97 Å². The van der Waals surface area contributed by atoms with E-state index in [1.54, 1.807) is 0 Å². The molecular formula is C11H15ClN2O. The van der Waals surface area contributed by atoms with E-state index in [-0.39, 0.29) is 0 Å². The Morgan fingerprint density at radius 1 is 1.53 bits per heavy atom. The standard InChI is InChI=1S/C11H15ClN2O/c1-8-5-10(6-12)14-11(13-8)9-3-2-4-15-7-9/h5,9H,2-4,6-7H2,1H3. The van der Waals surface area contributed by atoms with Crippen LogP contribution in [-0.2, 0) is 10.6 Å². The van der Waals surface area contributed by atoms with Crippen molar-refractivity contribution in [2.24, 2.45) is 0 Å². The van der Waals surface area contributed by atoms with Crippen molar-refractivity contribution in [2.75, 3.05) is 13.2 Å². The number of aryl methyl sites for hydroxylation is 1. The highest BCUT2D eigenvalue weighted by Gasteiger charge is 2.19. The van der Waals surface area contributed by atoms with Gasteiger partial charge in [0.25, 0.3) is 0 Å². The summed E-state index contributed by atoms with van der Waals surface area (Å²) >= 11 is 5.79. The van der Waals surface area contributed by atoms with Gasteiger partial charge in [-0.05, 0) is 25.8 Å². The second-order valence-electron chi connectivity index (χ2n) is 3.91. The SMILES string of the molecule is Cc1cc(CCl)nc(C2CCCOC2)n1. The van der Waals surface area contributed by atoms with Crippen LogP contribution in [0.15, 0.2) is 6.07 Å². The molecule has 1 aliphatic rings. The van der Waals surface area contributed by atoms with Crippen LogP contribution in [0.25, 0.3) is 0 Å². The summed E-state index contributed by atoms with van der Waals surface area (Å²) in [5.41, 5.74) is 1.89. The molecule has 2 rings (SSSR count). The summed E-state index contributed by atoms with van der Waals surface area (Å²) in [6.07, 6.45) is 2.21. The molecule has 1 aromatic rings. The summed E-state index contributed by atoms with van der Waals surface area (Å²) in [6, 6.07) is 1.93. The fourth-order valence-corrected chi connectivity index (χ4v) is 1.99. The fourth-order valence-electron chi connectivity index (χ4n) is 1.85. The Bertz CT molecular complexity index is 337. The van der Waals surface area contributed by atoms with Gasteiger partial charge in [-0.15, -0.1) is 11.6 Å². The molecular weight excluding hydrogens is 212 g/mol. The molecule has 2 heterocycles. The number of ether oxygens (including phenoxy) is 1. The average molecular weight is 227 g/mol. The number of halogens is 1. The summed E-state index contributed by atoms with van der Waals surface area (Å²) in [6.45, 7) is 3.58. The second kappa shape index (κ2) is 4.90. The van der Waals surface area contributed by atoms with Crippen LogP contribution in [-0.4, -0.2) is 23.2 Å². The Morgan fingerprint density at radius 2 is 2.40 bits per heavy atom. The van der Waals surface area contributed by atoms with Crippen molar-refractivity contribution >= 4 is 11.6 Å². The van der Waals surface area contributed by atoms with E-state index in [0.717, 1.165) is 43.3 Å². The molecule has 0 spiro atoms. The van der Waals surface area contributed by atoms with Gasteiger partial charge in [0.1, 0.15) is 5.82 Å². The largest absolute Gasteiger partial charge is 0.381 e. The van der Waals surface area contributed by atoms with Gasteiger partial charge in [-0.1, -0.05) is 0 Å². The van der Waals surface area contributed by atoms with Gasteiger partial charge in [0.2, 0.25) is 0 Å². The summed E-state index contributed by atoms with van der Waals surface area (Å²) < 4.78 is 5.44. The molecule has 0 aromatic carbocycles. The highest BCUT2D eigenvalue weighted by molar-refractivity contribution is 6.16. The normalized spacial score (nSPS) is 21.6. The first-order valence-corrected chi connectivity index (χ1v) is 5.81. The minimum atomic E-state index is 0.348. The number of rotatable bonds is 2. The van der Waals surface area contributed by atoms with Crippen LogP contribution in [0, 0.1) is 6.92 Å². The Kier molecular flexibility index (Phi) is 3.54. The molecule has 1 atom stereocenters. The molecule has 1 fully saturated rings. The fraction of sp³-hybridized carbons (Fsp3) is 0.636. The first kappa shape index (κ1) is 10.8. The molecule has 0 N–H and O–H groups in total. The third kappa shape index (κ3) is 2.67. The minimum absolute atomic E-state index is 0.348. The summed E-state index contributed by atoms with van der Waals surface area (Å²) in [5.74, 6) is 1.69. The van der Waals surface area contributed by atoms with E-state index in [4.69, 9.17) is 16.3 Å². The zero-order chi connectivity index (χ0) is 10.7. The molecule has 15 heavy (non-hydrogen) atoms. The van der Waals surface area contributed by atoms with Gasteiger partial charge in [-0.3, -0.25) is 0 Å². The molecule has 1 aliphatic heterocycles. The highest BCUT2D eigenvalue weighted by atomic mass is 35.5. The second-order valence-corrected chi connectivity index (χ2v) is 4.17. The summed E-state index contributed by atoms with van der Waals surface area (Å²) in [7, 11) is 0. The molecule has 0 amide bonds. The smallest absolute Gasteiger partial charge is 0.134 e. The highest BCUT2D eigenvalue weighted by Crippen LogP contribution is 2.23. The Balaban J connectivity index is 2.22. The molecule has 0 bridgehead atoms. The first-order valence-electron chi connectivity index (χ1n) is 5.28. The van der Waals surface area contributed by atoms with Crippen molar-refractivity contribution < 1.29 is 4.74 Å². The molecule has 4 heteroatoms. The zero-order valence-corrected chi connectivity index (χ0v) is 9.63. The van der Waals surface area contributed by atoms with E-state index < -0.39 is 0 Å². The van der Waals surface area contributed by atoms with E-state index in [0.29, 0.717) is 11.8 Å². The monoisotopic (exact) mass is 226 g/mol. The van der Waals surface area contributed by atoms with Crippen molar-refractivity contribution in [3.8, 4) is 0 Å². The van der Waals surface area contributed by atoms with Crippen LogP contribution in [0.5, 0.6) is 0 Å². The zero-order valence-electron chi connectivity index (χ0n) is 8.87. The Morgan fingerprint density at radius 3 is 3.07 bits per heavy atom. The maximum absolute atomic E-state index is 5.79. The van der Waals surface area contributed by atoms with E-state index >= 15 is 0 Å². The summed E-state index contributed by atoms with van der Waals surface area (Å²) in [5, 5.41) is 0. The van der Waals surface area contributed by atoms with Crippen LogP contribution in [0.1, 0.15) is 36.0 Å². The lowest BCUT2D eigenvalue weighted by atomic mass is 10.0. The van der Waals surface area contributed by atoms with Gasteiger partial charge < -0.3 is 4.74 Å². The molecule has 82 valence electrons. The lowest BCUT2D eigenvalue weighted by Gasteiger charge is -2.21. The first-order chi connectivity index (χ1) is 7.29. The van der Waals surface area contributed by atoms with Crippen LogP contribution < -0.4 is 0 Å². The molecule has 0 radical (unpaired) electrons.